The molecular formula is C16H14N2O3S. The Hall–Kier alpha value is -2.60. The van der Waals surface area contributed by atoms with Gasteiger partial charge in [0, 0.05) is 11.3 Å². The number of carbonyl (C=O) groups is 1. The molecular weight excluding hydrogens is 300 g/mol. The molecule has 5 nitrogen and oxygen atoms in total. The van der Waals surface area contributed by atoms with Crippen LogP contribution in [0.25, 0.3) is 0 Å². The van der Waals surface area contributed by atoms with Crippen LogP contribution in [0.3, 0.4) is 0 Å². The van der Waals surface area contributed by atoms with Gasteiger partial charge in [-0.05, 0) is 55.0 Å². The third-order valence-corrected chi connectivity index (χ3v) is 3.34. The molecule has 0 saturated heterocycles. The smallest absolute Gasteiger partial charge is 0.257 e. The first-order chi connectivity index (χ1) is 10.6. The van der Waals surface area contributed by atoms with Crippen molar-refractivity contribution in [1.29, 1.82) is 0 Å². The molecule has 22 heavy (non-hydrogen) atoms. The number of carbonyl (C=O) groups excluding carboxylic acids is 1. The molecule has 1 amide bonds. The number of anilines is 1. The fourth-order valence-electron chi connectivity index (χ4n) is 2.10. The predicted molar refractivity (Wildman–Crippen MR) is 87.4 cm³/mol. The van der Waals surface area contributed by atoms with E-state index in [0.29, 0.717) is 17.1 Å². The maximum Gasteiger partial charge on any atom is 0.257 e. The van der Waals surface area contributed by atoms with Crippen LogP contribution in [0.5, 0.6) is 11.5 Å². The number of nitrogens with one attached hydrogen (secondary N) is 2. The Bertz CT molecular complexity index is 746. The average Bonchev–Trinajstić information content (AvgIpc) is 2.94. The zero-order valence-electron chi connectivity index (χ0n) is 11.9. The van der Waals surface area contributed by atoms with Gasteiger partial charge in [-0.3, -0.25) is 10.1 Å². The molecule has 2 N–H and O–H groups in total. The Labute approximate surface area is 133 Å². The van der Waals surface area contributed by atoms with E-state index >= 15 is 0 Å². The molecule has 6 heteroatoms. The first-order valence-corrected chi connectivity index (χ1v) is 7.11. The molecule has 0 radical (unpaired) electrons. The van der Waals surface area contributed by atoms with Gasteiger partial charge in [-0.2, -0.15) is 0 Å². The van der Waals surface area contributed by atoms with E-state index in [9.17, 15) is 4.79 Å². The van der Waals surface area contributed by atoms with Crippen molar-refractivity contribution < 1.29 is 14.3 Å². The fraction of sp³-hybridized carbons (Fsp3) is 0.125. The third-order valence-electron chi connectivity index (χ3n) is 3.14. The van der Waals surface area contributed by atoms with Gasteiger partial charge in [0.2, 0.25) is 6.79 Å². The summed E-state index contributed by atoms with van der Waals surface area (Å²) in [5.41, 5.74) is 2.39. The Kier molecular flexibility index (Phi) is 3.93. The number of ether oxygens (including phenoxy) is 2. The maximum atomic E-state index is 12.2. The molecule has 0 saturated carbocycles. The molecule has 0 atom stereocenters. The topological polar surface area (TPSA) is 59.6 Å². The normalized spacial score (nSPS) is 11.9. The third kappa shape index (κ3) is 3.17. The van der Waals surface area contributed by atoms with Crippen LogP contribution in [-0.4, -0.2) is 17.8 Å². The summed E-state index contributed by atoms with van der Waals surface area (Å²) < 4.78 is 10.5. The van der Waals surface area contributed by atoms with Gasteiger partial charge in [0.25, 0.3) is 5.91 Å². The second-order valence-electron chi connectivity index (χ2n) is 4.85. The van der Waals surface area contributed by atoms with Gasteiger partial charge in [-0.15, -0.1) is 0 Å². The van der Waals surface area contributed by atoms with Crippen molar-refractivity contribution in [2.24, 2.45) is 0 Å². The maximum absolute atomic E-state index is 12.2. The number of rotatable bonds is 2. The van der Waals surface area contributed by atoms with Crippen LogP contribution in [0, 0.1) is 6.92 Å². The number of benzene rings is 2. The molecule has 112 valence electrons. The Morgan fingerprint density at radius 1 is 1.14 bits per heavy atom. The van der Waals surface area contributed by atoms with E-state index in [0.717, 1.165) is 11.3 Å². The molecule has 3 rings (SSSR count). The van der Waals surface area contributed by atoms with Gasteiger partial charge in [0.1, 0.15) is 0 Å². The molecule has 2 aromatic rings. The van der Waals surface area contributed by atoms with E-state index in [4.69, 9.17) is 21.7 Å². The summed E-state index contributed by atoms with van der Waals surface area (Å²) >= 11 is 5.16. The summed E-state index contributed by atoms with van der Waals surface area (Å²) in [7, 11) is 0. The largest absolute Gasteiger partial charge is 0.454 e. The van der Waals surface area contributed by atoms with E-state index in [1.54, 1.807) is 18.2 Å². The second kappa shape index (κ2) is 6.03. The molecule has 0 bridgehead atoms. The molecule has 0 spiro atoms. The average molecular weight is 314 g/mol. The first kappa shape index (κ1) is 14.3. The lowest BCUT2D eigenvalue weighted by molar-refractivity contribution is 0.0977. The molecule has 2 aromatic carbocycles. The van der Waals surface area contributed by atoms with Crippen LogP contribution >= 0.6 is 12.2 Å². The van der Waals surface area contributed by atoms with Gasteiger partial charge < -0.3 is 14.8 Å². The van der Waals surface area contributed by atoms with Crippen molar-refractivity contribution in [1.82, 2.24) is 5.32 Å². The monoisotopic (exact) mass is 314 g/mol. The van der Waals surface area contributed by atoms with E-state index in [-0.39, 0.29) is 17.8 Å². The van der Waals surface area contributed by atoms with Crippen LogP contribution in [0.4, 0.5) is 5.69 Å². The molecule has 1 aliphatic heterocycles. The predicted octanol–water partition coefficient (Wildman–Crippen LogP) is 2.85. The van der Waals surface area contributed by atoms with Crippen molar-refractivity contribution >= 4 is 28.9 Å². The van der Waals surface area contributed by atoms with Gasteiger partial charge in [0.05, 0.1) is 0 Å². The Morgan fingerprint density at radius 2 is 1.95 bits per heavy atom. The number of amides is 1. The minimum Gasteiger partial charge on any atom is -0.454 e. The standard InChI is InChI=1S/C16H14N2O3S/c1-10-3-2-4-12(7-10)17-16(22)18-15(19)11-5-6-13-14(8-11)21-9-20-13/h2-8H,9H2,1H3,(H2,17,18,19,22). The highest BCUT2D eigenvalue weighted by Crippen LogP contribution is 2.32. The van der Waals surface area contributed by atoms with E-state index < -0.39 is 0 Å². The van der Waals surface area contributed by atoms with Crippen molar-refractivity contribution in [3.05, 3.63) is 53.6 Å². The van der Waals surface area contributed by atoms with E-state index in [2.05, 4.69) is 10.6 Å². The molecule has 0 aromatic heterocycles. The summed E-state index contributed by atoms with van der Waals surface area (Å²) in [5, 5.41) is 5.86. The lowest BCUT2D eigenvalue weighted by Crippen LogP contribution is -2.34. The quantitative estimate of drug-likeness (QED) is 0.835. The molecule has 1 heterocycles. The Balaban J connectivity index is 1.65. The van der Waals surface area contributed by atoms with Crippen molar-refractivity contribution in [3.8, 4) is 11.5 Å². The zero-order valence-corrected chi connectivity index (χ0v) is 12.7. The number of hydrogen-bond acceptors (Lipinski definition) is 4. The van der Waals surface area contributed by atoms with Gasteiger partial charge in [-0.25, -0.2) is 0 Å². The van der Waals surface area contributed by atoms with Crippen molar-refractivity contribution in [3.63, 3.8) is 0 Å². The SMILES string of the molecule is Cc1cccc(NC(=S)NC(=O)c2ccc3c(c2)OCO3)c1. The van der Waals surface area contributed by atoms with Crippen molar-refractivity contribution in [2.45, 2.75) is 6.92 Å². The molecule has 0 fully saturated rings. The summed E-state index contributed by atoms with van der Waals surface area (Å²) in [6.45, 7) is 2.16. The van der Waals surface area contributed by atoms with Gasteiger partial charge in [-0.1, -0.05) is 12.1 Å². The van der Waals surface area contributed by atoms with Crippen LogP contribution in [0.1, 0.15) is 15.9 Å². The number of thiocarbonyl (C=S) groups is 1. The number of hydrogen-bond donors (Lipinski definition) is 2. The lowest BCUT2D eigenvalue weighted by Gasteiger charge is -2.10. The number of fused-ring (bicyclic) bond motifs is 1. The van der Waals surface area contributed by atoms with Gasteiger partial charge >= 0.3 is 0 Å². The fourth-order valence-corrected chi connectivity index (χ4v) is 2.31. The highest BCUT2D eigenvalue weighted by Gasteiger charge is 2.16. The Morgan fingerprint density at radius 3 is 2.77 bits per heavy atom. The lowest BCUT2D eigenvalue weighted by atomic mass is 10.2. The first-order valence-electron chi connectivity index (χ1n) is 6.70. The van der Waals surface area contributed by atoms with Crippen LogP contribution in [0.2, 0.25) is 0 Å². The minimum absolute atomic E-state index is 0.174. The minimum atomic E-state index is -0.302. The van der Waals surface area contributed by atoms with E-state index in [1.165, 1.54) is 0 Å². The summed E-state index contributed by atoms with van der Waals surface area (Å²) in [6.07, 6.45) is 0. The van der Waals surface area contributed by atoms with Gasteiger partial charge in [0.15, 0.2) is 16.6 Å². The van der Waals surface area contributed by atoms with Crippen LogP contribution in [-0.2, 0) is 0 Å². The van der Waals surface area contributed by atoms with Crippen molar-refractivity contribution in [2.75, 3.05) is 12.1 Å². The molecule has 1 aliphatic rings. The summed E-state index contributed by atoms with van der Waals surface area (Å²) in [6, 6.07) is 12.7. The van der Waals surface area contributed by atoms with Crippen LogP contribution < -0.4 is 20.1 Å². The van der Waals surface area contributed by atoms with Crippen LogP contribution in [0.15, 0.2) is 42.5 Å². The number of aryl methyl sites for hydroxylation is 1. The summed E-state index contributed by atoms with van der Waals surface area (Å²) in [4.78, 5) is 12.2. The zero-order chi connectivity index (χ0) is 15.5. The highest BCUT2D eigenvalue weighted by atomic mass is 32.1. The molecule has 0 aliphatic carbocycles. The molecule has 0 unspecified atom stereocenters. The second-order valence-corrected chi connectivity index (χ2v) is 5.25. The highest BCUT2D eigenvalue weighted by molar-refractivity contribution is 7.80. The van der Waals surface area contributed by atoms with E-state index in [1.807, 2.05) is 31.2 Å². The summed E-state index contributed by atoms with van der Waals surface area (Å²) in [5.74, 6) is 0.894.